The predicted octanol–water partition coefficient (Wildman–Crippen LogP) is 2.89. The van der Waals surface area contributed by atoms with Crippen LogP contribution < -0.4 is 21.3 Å². The van der Waals surface area contributed by atoms with E-state index < -0.39 is 161 Å². The first-order chi connectivity index (χ1) is 40.2. The Labute approximate surface area is 520 Å². The first-order valence-electron chi connectivity index (χ1n) is 31.1. The summed E-state index contributed by atoms with van der Waals surface area (Å²) in [6.07, 6.45) is 2.80. The Hall–Kier alpha value is -6.17. The number of likely N-dealkylation sites (N-methyl/N-ethyl adjacent to an activating group) is 7. The number of carbonyl (C=O) groups is 11. The van der Waals surface area contributed by atoms with Crippen LogP contribution in [0.5, 0.6) is 0 Å². The number of nitrogens with one attached hydrogen (secondary N) is 4. The van der Waals surface area contributed by atoms with E-state index in [9.17, 15) is 48.3 Å². The van der Waals surface area contributed by atoms with Gasteiger partial charge in [0.05, 0.1) is 12.7 Å². The minimum absolute atomic E-state index is 0.000697. The van der Waals surface area contributed by atoms with Crippen molar-refractivity contribution in [2.75, 3.05) is 63.1 Å². The molecule has 1 fully saturated rings. The summed E-state index contributed by atoms with van der Waals surface area (Å²) in [5, 5.41) is 23.1. The molecular weight excluding hydrogens is 1120 g/mol. The van der Waals surface area contributed by atoms with Crippen molar-refractivity contribution in [3.8, 4) is 0 Å². The molecular formula is C63H113N11O13. The number of aliphatic hydroxyl groups is 1. The van der Waals surface area contributed by atoms with Gasteiger partial charge in [-0.25, -0.2) is 0 Å². The molecule has 5 N–H and O–H groups in total. The Bertz CT molecular complexity index is 2380. The van der Waals surface area contributed by atoms with Crippen LogP contribution in [-0.2, 0) is 57.5 Å². The molecule has 11 amide bonds. The largest absolute Gasteiger partial charge is 0.390 e. The van der Waals surface area contributed by atoms with E-state index in [-0.39, 0.29) is 50.0 Å². The summed E-state index contributed by atoms with van der Waals surface area (Å²) in [5.41, 5.74) is 0. The minimum atomic E-state index is -1.63. The summed E-state index contributed by atoms with van der Waals surface area (Å²) in [5.74, 6) is -10.6. The third-order valence-electron chi connectivity index (χ3n) is 16.8. The lowest BCUT2D eigenvalue weighted by molar-refractivity contribution is -0.157. The molecule has 24 nitrogen and oxygen atoms in total. The molecule has 2 unspecified atom stereocenters. The van der Waals surface area contributed by atoms with E-state index in [0.717, 1.165) is 9.80 Å². The molecule has 0 saturated carbocycles. The van der Waals surface area contributed by atoms with Crippen LogP contribution >= 0.6 is 0 Å². The van der Waals surface area contributed by atoms with Gasteiger partial charge in [0, 0.05) is 62.4 Å². The summed E-state index contributed by atoms with van der Waals surface area (Å²) in [6.45, 7) is 29.2. The van der Waals surface area contributed by atoms with Crippen molar-refractivity contribution >= 4 is 65.0 Å². The van der Waals surface area contributed by atoms with Gasteiger partial charge in [-0.3, -0.25) is 52.7 Å². The summed E-state index contributed by atoms with van der Waals surface area (Å²) >= 11 is 0. The number of rotatable bonds is 16. The number of allylic oxidation sites excluding steroid dienone is 2. The maximum absolute atomic E-state index is 15.2. The number of nitrogens with zero attached hydrogens (tertiary/aromatic N) is 7. The highest BCUT2D eigenvalue weighted by atomic mass is 16.5. The van der Waals surface area contributed by atoms with Crippen LogP contribution in [0.3, 0.4) is 0 Å². The molecule has 0 aromatic carbocycles. The van der Waals surface area contributed by atoms with Gasteiger partial charge in [-0.05, 0) is 95.3 Å². The highest BCUT2D eigenvalue weighted by molar-refractivity contribution is 6.00. The lowest BCUT2D eigenvalue weighted by Crippen LogP contribution is -2.64. The van der Waals surface area contributed by atoms with Crippen LogP contribution in [-0.4, -0.2) is 240 Å². The van der Waals surface area contributed by atoms with Crippen LogP contribution in [0.4, 0.5) is 0 Å². The minimum Gasteiger partial charge on any atom is -0.390 e. The fourth-order valence-electron chi connectivity index (χ4n) is 11.2. The summed E-state index contributed by atoms with van der Waals surface area (Å²) in [7, 11) is 11.3. The number of methoxy groups -OCH3 is 1. The molecule has 498 valence electrons. The average molecular weight is 1230 g/mol. The molecule has 1 heterocycles. The van der Waals surface area contributed by atoms with E-state index >= 15 is 9.59 Å². The van der Waals surface area contributed by atoms with Gasteiger partial charge in [-0.2, -0.15) is 0 Å². The zero-order valence-electron chi connectivity index (χ0n) is 57.3. The van der Waals surface area contributed by atoms with Crippen LogP contribution in [0, 0.1) is 41.4 Å². The number of ether oxygens (including phenoxy) is 1. The standard InChI is InChI=1S/C63H113N11O13/c1-26-28-29-39(13)52(75)51-56(79)66-44(27-2)59(82)68(18)43(17)58(81)73(23)50(40(14)33-87-25)55(78)67-48(37(9)10)62(85)69(19)45(30-34(3)4)54(77)64-41(15)53(76)65-42(16)57(80)70(20)46(31-35(5)6)60(83)71(21)47(32-36(7)8)61(84)72(22)49(38(11)12)63(86)74(51)24/h26,28,34-52,75H,27,29-33H2,1-25H3,(H,64,77)(H,65,76)(H,66,79)(H,67,78)/b28-26+/t39-,40-,41+,42-,43-,44+,45+,46+,47+,48?,49?,50+,51+,52-/m1/s1. The Balaban J connectivity index is 4.40. The molecule has 14 atom stereocenters. The van der Waals surface area contributed by atoms with Crippen molar-refractivity contribution in [1.82, 2.24) is 55.6 Å². The van der Waals surface area contributed by atoms with E-state index in [4.69, 9.17) is 4.74 Å². The van der Waals surface area contributed by atoms with Crippen molar-refractivity contribution in [2.45, 2.75) is 222 Å². The summed E-state index contributed by atoms with van der Waals surface area (Å²) in [6, 6.07) is -13.9. The average Bonchev–Trinajstić information content (AvgIpc) is 1.38. The van der Waals surface area contributed by atoms with Crippen molar-refractivity contribution < 1.29 is 62.6 Å². The van der Waals surface area contributed by atoms with E-state index in [1.807, 2.05) is 41.5 Å². The molecule has 87 heavy (non-hydrogen) atoms. The second kappa shape index (κ2) is 35.7. The Morgan fingerprint density at radius 2 is 0.908 bits per heavy atom. The number of hydrogen-bond acceptors (Lipinski definition) is 13. The van der Waals surface area contributed by atoms with Crippen LogP contribution in [0.2, 0.25) is 0 Å². The molecule has 1 saturated heterocycles. The summed E-state index contributed by atoms with van der Waals surface area (Å²) < 4.78 is 5.45. The van der Waals surface area contributed by atoms with E-state index in [1.165, 1.54) is 102 Å². The highest BCUT2D eigenvalue weighted by Gasteiger charge is 2.46. The van der Waals surface area contributed by atoms with Crippen molar-refractivity contribution in [3.63, 3.8) is 0 Å². The van der Waals surface area contributed by atoms with Gasteiger partial charge in [-0.1, -0.05) is 102 Å². The van der Waals surface area contributed by atoms with Gasteiger partial charge in [0.1, 0.15) is 66.5 Å². The number of amides is 11. The first-order valence-corrected chi connectivity index (χ1v) is 31.1. The van der Waals surface area contributed by atoms with Gasteiger partial charge in [0.2, 0.25) is 65.0 Å². The van der Waals surface area contributed by atoms with Gasteiger partial charge in [-0.15, -0.1) is 0 Å². The van der Waals surface area contributed by atoms with E-state index in [0.29, 0.717) is 6.42 Å². The van der Waals surface area contributed by atoms with Crippen LogP contribution in [0.25, 0.3) is 0 Å². The fourth-order valence-corrected chi connectivity index (χ4v) is 11.2. The Morgan fingerprint density at radius 3 is 1.37 bits per heavy atom. The maximum atomic E-state index is 15.2. The van der Waals surface area contributed by atoms with Crippen LogP contribution in [0.1, 0.15) is 150 Å². The molecule has 1 aliphatic heterocycles. The predicted molar refractivity (Wildman–Crippen MR) is 335 cm³/mol. The molecule has 0 radical (unpaired) electrons. The Kier molecular flexibility index (Phi) is 32.4. The van der Waals surface area contributed by atoms with Crippen molar-refractivity contribution in [2.24, 2.45) is 41.4 Å². The molecule has 0 aromatic heterocycles. The molecule has 0 aliphatic carbocycles. The normalized spacial score (nSPS) is 27.7. The zero-order valence-corrected chi connectivity index (χ0v) is 57.3. The lowest BCUT2D eigenvalue weighted by Gasteiger charge is -2.41. The maximum Gasteiger partial charge on any atom is 0.246 e. The Morgan fingerprint density at radius 1 is 0.471 bits per heavy atom. The van der Waals surface area contributed by atoms with Gasteiger partial charge in [0.15, 0.2) is 0 Å². The molecule has 1 rings (SSSR count). The first kappa shape index (κ1) is 78.8. The van der Waals surface area contributed by atoms with E-state index in [2.05, 4.69) is 21.3 Å². The third-order valence-corrected chi connectivity index (χ3v) is 16.8. The summed E-state index contributed by atoms with van der Waals surface area (Å²) in [4.78, 5) is 170. The molecule has 24 heteroatoms. The zero-order chi connectivity index (χ0) is 67.6. The molecule has 1 aliphatic rings. The smallest absolute Gasteiger partial charge is 0.246 e. The molecule has 0 aromatic rings. The second-order valence-electron chi connectivity index (χ2n) is 26.2. The monoisotopic (exact) mass is 1230 g/mol. The number of aliphatic hydroxyl groups excluding tert-OH is 1. The van der Waals surface area contributed by atoms with Crippen molar-refractivity contribution in [1.29, 1.82) is 0 Å². The number of carbonyl (C=O) groups excluding carboxylic acids is 11. The SMILES string of the molecule is C/C=C/C[C@@H](C)[C@@H](O)[C@H]1C(=O)N[C@@H](CC)C(=O)N(C)[C@H](C)C(=O)N(C)[C@@H]([C@H](C)COC)C(=O)NC(C(C)C)C(=O)N(C)[C@@H](CC(C)C)C(=O)N[C@@H](C)C(=O)N[C@H](C)C(=O)N(C)[C@@H](CC(C)C)C(=O)N(C)[C@@H](CC(C)C)C(=O)N(C)C(C(C)C)C(=O)N1C. The molecule has 0 bridgehead atoms. The fraction of sp³-hybridized carbons (Fsp3) is 0.794. The van der Waals surface area contributed by atoms with Crippen molar-refractivity contribution in [3.05, 3.63) is 12.2 Å². The topological polar surface area (TPSA) is 288 Å². The van der Waals surface area contributed by atoms with Gasteiger partial charge in [0.25, 0.3) is 0 Å². The highest BCUT2D eigenvalue weighted by Crippen LogP contribution is 2.26. The third kappa shape index (κ3) is 21.3. The number of hydrogen-bond donors (Lipinski definition) is 5. The molecule has 0 spiro atoms. The van der Waals surface area contributed by atoms with Crippen LogP contribution in [0.15, 0.2) is 12.2 Å². The van der Waals surface area contributed by atoms with Gasteiger partial charge >= 0.3 is 0 Å². The lowest BCUT2D eigenvalue weighted by atomic mass is 9.91. The van der Waals surface area contributed by atoms with E-state index in [1.54, 1.807) is 67.5 Å². The second-order valence-corrected chi connectivity index (χ2v) is 26.2. The van der Waals surface area contributed by atoms with Gasteiger partial charge < -0.3 is 65.4 Å². The quantitative estimate of drug-likeness (QED) is 0.139.